The third kappa shape index (κ3) is 3.72. The monoisotopic (exact) mass is 286 g/mol. The molecule has 2 N–H and O–H groups in total. The lowest BCUT2D eigenvalue weighted by atomic mass is 10.2. The number of carbonyl (C=O) groups is 1. The molecule has 0 saturated carbocycles. The second-order valence-corrected chi connectivity index (χ2v) is 4.56. The number of benzene rings is 1. The summed E-state index contributed by atoms with van der Waals surface area (Å²) in [5.74, 6) is -2.32. The first-order chi connectivity index (χ1) is 9.60. The largest absolute Gasteiger partial charge is 0.395 e. The molecule has 1 aromatic rings. The Morgan fingerprint density at radius 1 is 1.45 bits per heavy atom. The molecule has 1 fully saturated rings. The van der Waals surface area contributed by atoms with E-state index in [0.717, 1.165) is 12.1 Å². The van der Waals surface area contributed by atoms with Gasteiger partial charge in [0.2, 0.25) is 5.91 Å². The molecule has 1 atom stereocenters. The summed E-state index contributed by atoms with van der Waals surface area (Å²) < 4.78 is 31.0. The average molecular weight is 286 g/mol. The van der Waals surface area contributed by atoms with E-state index in [-0.39, 0.29) is 30.8 Å². The molecule has 2 rings (SSSR count). The van der Waals surface area contributed by atoms with Gasteiger partial charge in [0, 0.05) is 18.3 Å². The number of nitrogens with one attached hydrogen (secondary N) is 1. The molecule has 1 aliphatic heterocycles. The van der Waals surface area contributed by atoms with Crippen molar-refractivity contribution in [3.63, 3.8) is 0 Å². The molecule has 1 heterocycles. The van der Waals surface area contributed by atoms with Crippen molar-refractivity contribution in [2.75, 3.05) is 38.2 Å². The molecule has 7 heteroatoms. The van der Waals surface area contributed by atoms with Crippen LogP contribution in [0.25, 0.3) is 0 Å². The van der Waals surface area contributed by atoms with Gasteiger partial charge in [-0.05, 0) is 12.1 Å². The molecule has 1 amide bonds. The Balaban J connectivity index is 1.92. The highest BCUT2D eigenvalue weighted by molar-refractivity contribution is 5.92. The van der Waals surface area contributed by atoms with Gasteiger partial charge in [0.1, 0.15) is 0 Å². The van der Waals surface area contributed by atoms with Crippen LogP contribution >= 0.6 is 0 Å². The standard InChI is InChI=1S/C13H16F2N2O3/c14-11-2-1-9(5-12(11)15)16-13(19)6-17-3-4-20-8-10(17)7-18/h1-2,5,10,18H,3-4,6-8H2,(H,16,19). The number of nitrogens with zero attached hydrogens (tertiary/aromatic N) is 1. The van der Waals surface area contributed by atoms with Crippen molar-refractivity contribution in [3.8, 4) is 0 Å². The van der Waals surface area contributed by atoms with Gasteiger partial charge in [-0.1, -0.05) is 0 Å². The zero-order valence-electron chi connectivity index (χ0n) is 10.8. The van der Waals surface area contributed by atoms with Gasteiger partial charge in [0.05, 0.1) is 32.4 Å². The predicted molar refractivity (Wildman–Crippen MR) is 68.3 cm³/mol. The maximum absolute atomic E-state index is 13.0. The molecular formula is C13H16F2N2O3. The van der Waals surface area contributed by atoms with Crippen molar-refractivity contribution < 1.29 is 23.4 Å². The number of anilines is 1. The lowest BCUT2D eigenvalue weighted by molar-refractivity contribution is -0.120. The Bertz CT molecular complexity index is 485. The predicted octanol–water partition coefficient (Wildman–Crippen LogP) is 0.596. The van der Waals surface area contributed by atoms with Crippen molar-refractivity contribution in [1.82, 2.24) is 4.90 Å². The number of carbonyl (C=O) groups excluding carboxylic acids is 1. The van der Waals surface area contributed by atoms with Gasteiger partial charge in [0.15, 0.2) is 11.6 Å². The summed E-state index contributed by atoms with van der Waals surface area (Å²) in [6.07, 6.45) is 0. The summed E-state index contributed by atoms with van der Waals surface area (Å²) in [5.41, 5.74) is 0.197. The molecule has 0 aromatic heterocycles. The van der Waals surface area contributed by atoms with Gasteiger partial charge in [-0.3, -0.25) is 9.69 Å². The highest BCUT2D eigenvalue weighted by atomic mass is 19.2. The molecule has 110 valence electrons. The summed E-state index contributed by atoms with van der Waals surface area (Å²) >= 11 is 0. The molecule has 1 unspecified atom stereocenters. The van der Waals surface area contributed by atoms with E-state index in [1.165, 1.54) is 6.07 Å². The molecule has 0 radical (unpaired) electrons. The zero-order valence-corrected chi connectivity index (χ0v) is 10.8. The second-order valence-electron chi connectivity index (χ2n) is 4.56. The van der Waals surface area contributed by atoms with Crippen LogP contribution in [0, 0.1) is 11.6 Å². The maximum atomic E-state index is 13.0. The molecular weight excluding hydrogens is 270 g/mol. The maximum Gasteiger partial charge on any atom is 0.238 e. The van der Waals surface area contributed by atoms with E-state index in [0.29, 0.717) is 19.8 Å². The van der Waals surface area contributed by atoms with Gasteiger partial charge in [0.25, 0.3) is 0 Å². The summed E-state index contributed by atoms with van der Waals surface area (Å²) in [6, 6.07) is 2.95. The molecule has 0 aliphatic carbocycles. The fourth-order valence-corrected chi connectivity index (χ4v) is 2.02. The Morgan fingerprint density at radius 3 is 2.95 bits per heavy atom. The van der Waals surface area contributed by atoms with Crippen LogP contribution in [0.1, 0.15) is 0 Å². The van der Waals surface area contributed by atoms with Gasteiger partial charge in [-0.25, -0.2) is 8.78 Å². The zero-order chi connectivity index (χ0) is 14.5. The topological polar surface area (TPSA) is 61.8 Å². The Labute approximate surface area is 115 Å². The lowest BCUT2D eigenvalue weighted by Crippen LogP contribution is -2.50. The quantitative estimate of drug-likeness (QED) is 0.851. The molecule has 0 spiro atoms. The summed E-state index contributed by atoms with van der Waals surface area (Å²) in [6.45, 7) is 1.37. The lowest BCUT2D eigenvalue weighted by Gasteiger charge is -2.33. The minimum Gasteiger partial charge on any atom is -0.395 e. The van der Waals surface area contributed by atoms with E-state index < -0.39 is 11.6 Å². The molecule has 0 bridgehead atoms. The summed E-state index contributed by atoms with van der Waals surface area (Å²) in [5, 5.41) is 11.7. The number of hydrogen-bond acceptors (Lipinski definition) is 4. The van der Waals surface area contributed by atoms with Crippen LogP contribution in [-0.2, 0) is 9.53 Å². The summed E-state index contributed by atoms with van der Waals surface area (Å²) in [7, 11) is 0. The number of rotatable bonds is 4. The third-order valence-corrected chi connectivity index (χ3v) is 3.11. The Hall–Kier alpha value is -1.57. The van der Waals surface area contributed by atoms with E-state index in [2.05, 4.69) is 5.32 Å². The number of morpholine rings is 1. The van der Waals surface area contributed by atoms with E-state index >= 15 is 0 Å². The third-order valence-electron chi connectivity index (χ3n) is 3.11. The van der Waals surface area contributed by atoms with Crippen LogP contribution in [0.5, 0.6) is 0 Å². The van der Waals surface area contributed by atoms with Gasteiger partial charge < -0.3 is 15.2 Å². The minimum absolute atomic E-state index is 0.0631. The Kier molecular flexibility index (Phi) is 4.99. The van der Waals surface area contributed by atoms with Crippen molar-refractivity contribution >= 4 is 11.6 Å². The number of hydrogen-bond donors (Lipinski definition) is 2. The van der Waals surface area contributed by atoms with Crippen molar-refractivity contribution in [1.29, 1.82) is 0 Å². The second kappa shape index (κ2) is 6.74. The molecule has 5 nitrogen and oxygen atoms in total. The number of aliphatic hydroxyl groups excluding tert-OH is 1. The van der Waals surface area contributed by atoms with Gasteiger partial charge in [-0.2, -0.15) is 0 Å². The van der Waals surface area contributed by atoms with Crippen LogP contribution in [0.15, 0.2) is 18.2 Å². The number of amides is 1. The van der Waals surface area contributed by atoms with E-state index in [4.69, 9.17) is 4.74 Å². The average Bonchev–Trinajstić information content (AvgIpc) is 2.43. The smallest absolute Gasteiger partial charge is 0.238 e. The van der Waals surface area contributed by atoms with Crippen molar-refractivity contribution in [3.05, 3.63) is 29.8 Å². The van der Waals surface area contributed by atoms with E-state index in [1.54, 1.807) is 4.90 Å². The van der Waals surface area contributed by atoms with Gasteiger partial charge in [-0.15, -0.1) is 0 Å². The van der Waals surface area contributed by atoms with Crippen LogP contribution in [0.2, 0.25) is 0 Å². The van der Waals surface area contributed by atoms with E-state index in [1.807, 2.05) is 0 Å². The normalized spacial score (nSPS) is 19.9. The van der Waals surface area contributed by atoms with E-state index in [9.17, 15) is 18.7 Å². The first-order valence-electron chi connectivity index (χ1n) is 6.27. The summed E-state index contributed by atoms with van der Waals surface area (Å²) in [4.78, 5) is 13.6. The first-order valence-corrected chi connectivity index (χ1v) is 6.27. The van der Waals surface area contributed by atoms with Crippen LogP contribution in [0.4, 0.5) is 14.5 Å². The van der Waals surface area contributed by atoms with Crippen molar-refractivity contribution in [2.24, 2.45) is 0 Å². The Morgan fingerprint density at radius 2 is 2.25 bits per heavy atom. The van der Waals surface area contributed by atoms with Gasteiger partial charge >= 0.3 is 0 Å². The molecule has 20 heavy (non-hydrogen) atoms. The van der Waals surface area contributed by atoms with Crippen molar-refractivity contribution in [2.45, 2.75) is 6.04 Å². The molecule has 1 aromatic carbocycles. The fraction of sp³-hybridized carbons (Fsp3) is 0.462. The highest BCUT2D eigenvalue weighted by Gasteiger charge is 2.24. The first kappa shape index (κ1) is 14.8. The van der Waals surface area contributed by atoms with Crippen LogP contribution < -0.4 is 5.32 Å². The molecule has 1 aliphatic rings. The number of halogens is 2. The SMILES string of the molecule is O=C(CN1CCOCC1CO)Nc1ccc(F)c(F)c1. The minimum atomic E-state index is -1.01. The van der Waals surface area contributed by atoms with Crippen LogP contribution in [0.3, 0.4) is 0 Å². The number of ether oxygens (including phenoxy) is 1. The highest BCUT2D eigenvalue weighted by Crippen LogP contribution is 2.13. The fourth-order valence-electron chi connectivity index (χ4n) is 2.02. The molecule has 1 saturated heterocycles. The number of aliphatic hydroxyl groups is 1. The van der Waals surface area contributed by atoms with Crippen LogP contribution in [-0.4, -0.2) is 54.9 Å².